The van der Waals surface area contributed by atoms with E-state index >= 15 is 0 Å². The van der Waals surface area contributed by atoms with E-state index in [0.29, 0.717) is 6.42 Å². The van der Waals surface area contributed by atoms with Crippen LogP contribution in [0.3, 0.4) is 0 Å². The van der Waals surface area contributed by atoms with Gasteiger partial charge in [0.1, 0.15) is 0 Å². The van der Waals surface area contributed by atoms with Crippen LogP contribution in [0.1, 0.15) is 33.1 Å². The average molecular weight is 169 g/mol. The molecule has 0 bridgehead atoms. The van der Waals surface area contributed by atoms with Crippen LogP contribution < -0.4 is 5.32 Å². The van der Waals surface area contributed by atoms with Gasteiger partial charge in [-0.05, 0) is 26.2 Å². The summed E-state index contributed by atoms with van der Waals surface area (Å²) in [6, 6.07) is -0.266. The highest BCUT2D eigenvalue weighted by Gasteiger charge is 2.31. The lowest BCUT2D eigenvalue weighted by Gasteiger charge is -2.12. The zero-order valence-electron chi connectivity index (χ0n) is 7.59. The van der Waals surface area contributed by atoms with Crippen LogP contribution in [-0.2, 0) is 9.59 Å². The lowest BCUT2D eigenvalue weighted by atomic mass is 10.1. The van der Waals surface area contributed by atoms with Gasteiger partial charge in [0.05, 0.1) is 6.04 Å². The molecule has 3 nitrogen and oxygen atoms in total. The minimum Gasteiger partial charge on any atom is -0.346 e. The van der Waals surface area contributed by atoms with Crippen LogP contribution in [0.5, 0.6) is 0 Å². The molecular formula is C9H15NO2. The molecule has 1 aliphatic rings. The first kappa shape index (κ1) is 9.23. The third kappa shape index (κ3) is 2.32. The number of carbonyl (C=O) groups is 2. The molecule has 1 unspecified atom stereocenters. The van der Waals surface area contributed by atoms with Crippen molar-refractivity contribution in [2.45, 2.75) is 39.2 Å². The van der Waals surface area contributed by atoms with Crippen molar-refractivity contribution in [3.05, 3.63) is 0 Å². The molecule has 1 N–H and O–H groups in total. The van der Waals surface area contributed by atoms with E-state index < -0.39 is 0 Å². The van der Waals surface area contributed by atoms with Crippen LogP contribution in [0.2, 0.25) is 0 Å². The highest BCUT2D eigenvalue weighted by Crippen LogP contribution is 2.28. The molecule has 1 amide bonds. The molecule has 1 fully saturated rings. The van der Waals surface area contributed by atoms with Gasteiger partial charge in [-0.3, -0.25) is 9.59 Å². The number of nitrogens with one attached hydrogen (secondary N) is 1. The summed E-state index contributed by atoms with van der Waals surface area (Å²) in [6.45, 7) is 3.42. The van der Waals surface area contributed by atoms with Crippen molar-refractivity contribution in [2.24, 2.45) is 5.92 Å². The largest absolute Gasteiger partial charge is 0.346 e. The Labute approximate surface area is 72.5 Å². The topological polar surface area (TPSA) is 46.2 Å². The van der Waals surface area contributed by atoms with E-state index in [-0.39, 0.29) is 23.7 Å². The number of hydrogen-bond acceptors (Lipinski definition) is 2. The zero-order valence-corrected chi connectivity index (χ0v) is 7.59. The molecule has 3 heteroatoms. The van der Waals surface area contributed by atoms with E-state index in [0.717, 1.165) is 12.8 Å². The van der Waals surface area contributed by atoms with Crippen molar-refractivity contribution in [3.8, 4) is 0 Å². The van der Waals surface area contributed by atoms with Gasteiger partial charge in [0, 0.05) is 5.92 Å². The van der Waals surface area contributed by atoms with Crippen LogP contribution >= 0.6 is 0 Å². The van der Waals surface area contributed by atoms with Gasteiger partial charge in [-0.15, -0.1) is 0 Å². The van der Waals surface area contributed by atoms with Gasteiger partial charge in [0.25, 0.3) is 0 Å². The van der Waals surface area contributed by atoms with Crippen molar-refractivity contribution in [3.63, 3.8) is 0 Å². The molecule has 0 aromatic rings. The third-order valence-electron chi connectivity index (χ3n) is 2.16. The summed E-state index contributed by atoms with van der Waals surface area (Å²) in [7, 11) is 0. The molecule has 0 aromatic heterocycles. The Morgan fingerprint density at radius 2 is 2.08 bits per heavy atom. The SMILES string of the molecule is CCC(NC(=O)C1CC1)C(C)=O. The van der Waals surface area contributed by atoms with E-state index in [2.05, 4.69) is 5.32 Å². The summed E-state index contributed by atoms with van der Waals surface area (Å²) in [5, 5.41) is 2.74. The Hall–Kier alpha value is -0.860. The lowest BCUT2D eigenvalue weighted by molar-refractivity contribution is -0.127. The number of carbonyl (C=O) groups excluding carboxylic acids is 2. The van der Waals surface area contributed by atoms with Crippen molar-refractivity contribution in [1.29, 1.82) is 0 Å². The number of Topliss-reactive ketones (excluding diaryl/α,β-unsaturated/α-hetero) is 1. The first-order valence-electron chi connectivity index (χ1n) is 4.46. The molecule has 0 spiro atoms. The van der Waals surface area contributed by atoms with E-state index in [1.807, 2.05) is 6.92 Å². The molecule has 68 valence electrons. The maximum atomic E-state index is 11.2. The Bertz CT molecular complexity index is 197. The molecule has 0 aromatic carbocycles. The smallest absolute Gasteiger partial charge is 0.223 e. The summed E-state index contributed by atoms with van der Waals surface area (Å²) in [6.07, 6.45) is 2.66. The van der Waals surface area contributed by atoms with Gasteiger partial charge < -0.3 is 5.32 Å². The van der Waals surface area contributed by atoms with Crippen LogP contribution in [0.25, 0.3) is 0 Å². The molecule has 1 rings (SSSR count). The fourth-order valence-corrected chi connectivity index (χ4v) is 1.13. The van der Waals surface area contributed by atoms with Crippen molar-refractivity contribution >= 4 is 11.7 Å². The Balaban J connectivity index is 2.35. The van der Waals surface area contributed by atoms with Crippen molar-refractivity contribution < 1.29 is 9.59 Å². The Morgan fingerprint density at radius 1 is 1.50 bits per heavy atom. The third-order valence-corrected chi connectivity index (χ3v) is 2.16. The van der Waals surface area contributed by atoms with Gasteiger partial charge >= 0.3 is 0 Å². The van der Waals surface area contributed by atoms with Crippen molar-refractivity contribution in [2.75, 3.05) is 0 Å². The Kier molecular flexibility index (Phi) is 2.84. The zero-order chi connectivity index (χ0) is 9.14. The average Bonchev–Trinajstić information content (AvgIpc) is 2.80. The summed E-state index contributed by atoms with van der Waals surface area (Å²) in [5.41, 5.74) is 0. The predicted octanol–water partition coefficient (Wildman–Crippen LogP) is 0.880. The molecule has 1 atom stereocenters. The lowest BCUT2D eigenvalue weighted by Crippen LogP contribution is -2.39. The van der Waals surface area contributed by atoms with Crippen LogP contribution in [0.15, 0.2) is 0 Å². The molecule has 0 radical (unpaired) electrons. The van der Waals surface area contributed by atoms with Gasteiger partial charge in [0.2, 0.25) is 5.91 Å². The second-order valence-corrected chi connectivity index (χ2v) is 3.35. The molecule has 0 heterocycles. The monoisotopic (exact) mass is 169 g/mol. The normalized spacial score (nSPS) is 18.5. The standard InChI is InChI=1S/C9H15NO2/c1-3-8(6(2)11)10-9(12)7-4-5-7/h7-8H,3-5H2,1-2H3,(H,10,12). The molecular weight excluding hydrogens is 154 g/mol. The fraction of sp³-hybridized carbons (Fsp3) is 0.778. The second-order valence-electron chi connectivity index (χ2n) is 3.35. The quantitative estimate of drug-likeness (QED) is 0.679. The fourth-order valence-electron chi connectivity index (χ4n) is 1.13. The first-order chi connectivity index (χ1) is 5.65. The van der Waals surface area contributed by atoms with E-state index in [4.69, 9.17) is 0 Å². The van der Waals surface area contributed by atoms with E-state index in [9.17, 15) is 9.59 Å². The molecule has 1 saturated carbocycles. The van der Waals surface area contributed by atoms with Crippen LogP contribution in [0, 0.1) is 5.92 Å². The highest BCUT2D eigenvalue weighted by atomic mass is 16.2. The van der Waals surface area contributed by atoms with E-state index in [1.54, 1.807) is 0 Å². The van der Waals surface area contributed by atoms with Gasteiger partial charge in [-0.2, -0.15) is 0 Å². The van der Waals surface area contributed by atoms with Gasteiger partial charge in [0.15, 0.2) is 5.78 Å². The minimum absolute atomic E-state index is 0.0477. The molecule has 0 saturated heterocycles. The van der Waals surface area contributed by atoms with Crippen LogP contribution in [0.4, 0.5) is 0 Å². The van der Waals surface area contributed by atoms with Crippen LogP contribution in [-0.4, -0.2) is 17.7 Å². The molecule has 12 heavy (non-hydrogen) atoms. The van der Waals surface area contributed by atoms with Crippen molar-refractivity contribution in [1.82, 2.24) is 5.32 Å². The summed E-state index contributed by atoms with van der Waals surface area (Å²) < 4.78 is 0. The maximum absolute atomic E-state index is 11.2. The van der Waals surface area contributed by atoms with Gasteiger partial charge in [-0.25, -0.2) is 0 Å². The van der Waals surface area contributed by atoms with E-state index in [1.165, 1.54) is 6.92 Å². The number of ketones is 1. The second kappa shape index (κ2) is 3.70. The summed E-state index contributed by atoms with van der Waals surface area (Å²) in [5.74, 6) is 0.293. The first-order valence-corrected chi connectivity index (χ1v) is 4.46. The minimum atomic E-state index is -0.266. The molecule has 0 aliphatic heterocycles. The maximum Gasteiger partial charge on any atom is 0.223 e. The summed E-state index contributed by atoms with van der Waals surface area (Å²) in [4.78, 5) is 22.2. The number of hydrogen-bond donors (Lipinski definition) is 1. The Morgan fingerprint density at radius 3 is 2.42 bits per heavy atom. The predicted molar refractivity (Wildman–Crippen MR) is 45.6 cm³/mol. The molecule has 1 aliphatic carbocycles. The van der Waals surface area contributed by atoms with Gasteiger partial charge in [-0.1, -0.05) is 6.92 Å². The summed E-state index contributed by atoms with van der Waals surface area (Å²) >= 11 is 0. The number of rotatable bonds is 4. The number of amides is 1. The highest BCUT2D eigenvalue weighted by molar-refractivity contribution is 5.89.